The van der Waals surface area contributed by atoms with Crippen molar-refractivity contribution < 1.29 is 32.1 Å². The van der Waals surface area contributed by atoms with E-state index in [1.165, 1.54) is 0 Å². The smallest absolute Gasteiger partial charge is 0.412 e. The van der Waals surface area contributed by atoms with Crippen LogP contribution >= 0.6 is 69.6 Å². The van der Waals surface area contributed by atoms with E-state index in [4.69, 9.17) is 100 Å². The predicted octanol–water partition coefficient (Wildman–Crippen LogP) is 2.34. The molecule has 136 valence electrons. The summed E-state index contributed by atoms with van der Waals surface area (Å²) in [6.45, 7) is 0. The van der Waals surface area contributed by atoms with E-state index in [0.717, 1.165) is 0 Å². The Morgan fingerprint density at radius 2 is 0.591 bits per heavy atom. The van der Waals surface area contributed by atoms with Crippen molar-refractivity contribution in [2.45, 2.75) is 32.3 Å². The second-order valence-corrected chi connectivity index (χ2v) is 6.14. The van der Waals surface area contributed by atoms with Gasteiger partial charge in [0.25, 0.3) is 0 Å². The van der Waals surface area contributed by atoms with Crippen molar-refractivity contribution in [2.24, 2.45) is 0 Å². The minimum absolute atomic E-state index is 0. The van der Waals surface area contributed by atoms with Crippen LogP contribution in [0.15, 0.2) is 0 Å². The molecule has 0 saturated heterocycles. The van der Waals surface area contributed by atoms with Crippen LogP contribution in [0.5, 0.6) is 0 Å². The van der Waals surface area contributed by atoms with Crippen molar-refractivity contribution >= 4 is 69.6 Å². The molecule has 0 bridgehead atoms. The number of alkyl halides is 6. The predicted molar refractivity (Wildman–Crippen MR) is 82.2 cm³/mol. The van der Waals surface area contributed by atoms with Crippen LogP contribution < -0.4 is 0 Å². The van der Waals surface area contributed by atoms with Gasteiger partial charge in [0.2, 0.25) is 0 Å². The second kappa shape index (κ2) is 15.1. The number of rotatable bonds is 0. The molecule has 0 heterocycles. The van der Waals surface area contributed by atoms with Crippen LogP contribution in [-0.4, -0.2) is 47.9 Å². The van der Waals surface area contributed by atoms with E-state index >= 15 is 0 Å². The Labute approximate surface area is 164 Å². The van der Waals surface area contributed by atoms with Crippen molar-refractivity contribution in [1.29, 1.82) is 0 Å². The van der Waals surface area contributed by atoms with E-state index in [9.17, 15) is 0 Å². The molecule has 0 unspecified atom stereocenters. The summed E-state index contributed by atoms with van der Waals surface area (Å²) in [5, 5.41) is 26.9. The fourth-order valence-electron chi connectivity index (χ4n) is 1.05. The third kappa shape index (κ3) is 13.1. The molecule has 16 heteroatoms. The molecule has 0 aromatic heterocycles. The topological polar surface area (TPSA) is 164 Å². The summed E-state index contributed by atoms with van der Waals surface area (Å²) in [6, 6.07) is 0. The minimum atomic E-state index is -1.75. The standard InChI is InChI=1S/C6H6Cl6.2NO3.Ni.H2O/c7-1-2(8)4(10)6(12)5(11)3(1)9;2*2-1(3)4;;/h1-6H;;;;1H2/q;2*-1;+2;. The Balaban J connectivity index is -0.000000138. The minimum Gasteiger partial charge on any atom is -0.412 e. The molecule has 22 heavy (non-hydrogen) atoms. The molecule has 0 radical (unpaired) electrons. The van der Waals surface area contributed by atoms with Crippen molar-refractivity contribution in [3.8, 4) is 0 Å². The summed E-state index contributed by atoms with van der Waals surface area (Å²) in [5.74, 6) is 0. The molecular formula is C6H8Cl6N2NiO7. The van der Waals surface area contributed by atoms with Gasteiger partial charge in [-0.2, -0.15) is 0 Å². The molecule has 1 aliphatic carbocycles. The van der Waals surface area contributed by atoms with Crippen LogP contribution in [0.4, 0.5) is 0 Å². The Kier molecular flexibility index (Phi) is 21.0. The molecule has 0 aliphatic heterocycles. The number of hydrogen-bond acceptors (Lipinski definition) is 6. The summed E-state index contributed by atoms with van der Waals surface area (Å²) < 4.78 is 0. The van der Waals surface area contributed by atoms with Crippen LogP contribution in [0.3, 0.4) is 0 Å². The third-order valence-electron chi connectivity index (χ3n) is 1.83. The van der Waals surface area contributed by atoms with E-state index < -0.39 is 42.4 Å². The maximum atomic E-state index is 8.25. The molecule has 1 fully saturated rings. The molecule has 1 aliphatic rings. The number of nitrogens with zero attached hydrogens (tertiary/aromatic N) is 2. The fourth-order valence-corrected chi connectivity index (χ4v) is 3.38. The first kappa shape index (κ1) is 30.5. The number of hydrogen-bond donors (Lipinski definition) is 0. The number of halogens is 6. The first-order chi connectivity index (χ1) is 8.93. The summed E-state index contributed by atoms with van der Waals surface area (Å²) in [7, 11) is 0. The zero-order chi connectivity index (χ0) is 16.6. The van der Waals surface area contributed by atoms with E-state index in [1.807, 2.05) is 0 Å². The average Bonchev–Trinajstić information content (AvgIpc) is 2.30. The van der Waals surface area contributed by atoms with Gasteiger partial charge in [-0.25, -0.2) is 0 Å². The largest absolute Gasteiger partial charge is 2.00 e. The molecule has 2 N–H and O–H groups in total. The zero-order valence-corrected chi connectivity index (χ0v) is 15.4. The van der Waals surface area contributed by atoms with Crippen LogP contribution in [0.1, 0.15) is 0 Å². The zero-order valence-electron chi connectivity index (χ0n) is 9.89. The molecular weight excluding hydrogens is 483 g/mol. The first-order valence-electron chi connectivity index (χ1n) is 4.40. The summed E-state index contributed by atoms with van der Waals surface area (Å²) in [5.41, 5.74) is 0. The van der Waals surface area contributed by atoms with Gasteiger partial charge in [-0.15, -0.1) is 69.6 Å². The molecule has 0 atom stereocenters. The summed E-state index contributed by atoms with van der Waals surface area (Å²) >= 11 is 35.3. The Hall–Kier alpha value is 0.594. The van der Waals surface area contributed by atoms with E-state index in [0.29, 0.717) is 0 Å². The van der Waals surface area contributed by atoms with Gasteiger partial charge < -0.3 is 36.1 Å². The Morgan fingerprint density at radius 3 is 0.636 bits per heavy atom. The first-order valence-corrected chi connectivity index (χ1v) is 7.02. The molecule has 0 aromatic carbocycles. The van der Waals surface area contributed by atoms with Gasteiger partial charge in [-0.3, -0.25) is 0 Å². The second-order valence-electron chi connectivity index (χ2n) is 3.11. The van der Waals surface area contributed by atoms with Crippen molar-refractivity contribution in [3.63, 3.8) is 0 Å². The monoisotopic (exact) mass is 488 g/mol. The van der Waals surface area contributed by atoms with Gasteiger partial charge in [0, 0.05) is 0 Å². The Morgan fingerprint density at radius 1 is 0.545 bits per heavy atom. The van der Waals surface area contributed by atoms with Crippen molar-refractivity contribution in [2.75, 3.05) is 0 Å². The normalized spacial score (nSPS) is 32.5. The van der Waals surface area contributed by atoms with Gasteiger partial charge >= 0.3 is 16.5 Å². The maximum absolute atomic E-state index is 8.25. The van der Waals surface area contributed by atoms with Gasteiger partial charge in [0.15, 0.2) is 0 Å². The van der Waals surface area contributed by atoms with Gasteiger partial charge in [-0.1, -0.05) is 0 Å². The van der Waals surface area contributed by atoms with Gasteiger partial charge in [0.1, 0.15) is 0 Å². The van der Waals surface area contributed by atoms with E-state index in [2.05, 4.69) is 0 Å². The van der Waals surface area contributed by atoms with E-state index in [-0.39, 0.29) is 22.0 Å². The van der Waals surface area contributed by atoms with E-state index in [1.54, 1.807) is 0 Å². The summed E-state index contributed by atoms with van der Waals surface area (Å²) in [6.07, 6.45) is 0. The van der Waals surface area contributed by atoms with Crippen molar-refractivity contribution in [1.82, 2.24) is 0 Å². The average molecular weight is 492 g/mol. The summed E-state index contributed by atoms with van der Waals surface area (Å²) in [4.78, 5) is 16.5. The van der Waals surface area contributed by atoms with Crippen LogP contribution in [-0.2, 0) is 16.5 Å². The molecule has 1 saturated carbocycles. The fraction of sp³-hybridized carbons (Fsp3) is 1.00. The quantitative estimate of drug-likeness (QED) is 0.218. The van der Waals surface area contributed by atoms with Crippen LogP contribution in [0.25, 0.3) is 0 Å². The molecule has 9 nitrogen and oxygen atoms in total. The third-order valence-corrected chi connectivity index (χ3v) is 5.86. The maximum Gasteiger partial charge on any atom is 2.00 e. The SMILES string of the molecule is ClC1C(Cl)C(Cl)C(Cl)C(Cl)C1Cl.O.O=[N+]([O-])[O-].O=[N+]([O-])[O-].[Ni+2]. The molecule has 0 spiro atoms. The van der Waals surface area contributed by atoms with Crippen molar-refractivity contribution in [3.05, 3.63) is 30.6 Å². The Bertz CT molecular complexity index is 253. The van der Waals surface area contributed by atoms with Crippen LogP contribution in [0, 0.1) is 30.6 Å². The van der Waals surface area contributed by atoms with Crippen LogP contribution in [0.2, 0.25) is 0 Å². The van der Waals surface area contributed by atoms with Gasteiger partial charge in [0.05, 0.1) is 42.4 Å². The molecule has 0 aromatic rings. The van der Waals surface area contributed by atoms with Gasteiger partial charge in [-0.05, 0) is 0 Å². The molecule has 1 rings (SSSR count). The molecule has 0 amide bonds.